The van der Waals surface area contributed by atoms with Crippen LogP contribution in [-0.2, 0) is 14.3 Å². The lowest BCUT2D eigenvalue weighted by molar-refractivity contribution is -0.145. The van der Waals surface area contributed by atoms with Gasteiger partial charge in [-0.3, -0.25) is 9.59 Å². The number of morpholine rings is 1. The van der Waals surface area contributed by atoms with Crippen molar-refractivity contribution in [2.24, 2.45) is 0 Å². The molecule has 0 saturated carbocycles. The van der Waals surface area contributed by atoms with Crippen LogP contribution in [0.3, 0.4) is 0 Å². The van der Waals surface area contributed by atoms with Gasteiger partial charge < -0.3 is 14.5 Å². The van der Waals surface area contributed by atoms with Gasteiger partial charge in [0.2, 0.25) is 11.8 Å². The van der Waals surface area contributed by atoms with E-state index >= 15 is 0 Å². The van der Waals surface area contributed by atoms with E-state index in [0.29, 0.717) is 26.1 Å². The van der Waals surface area contributed by atoms with Gasteiger partial charge in [-0.05, 0) is 19.3 Å². The molecule has 0 aromatic carbocycles. The van der Waals surface area contributed by atoms with Crippen molar-refractivity contribution in [2.75, 3.05) is 32.8 Å². The lowest BCUT2D eigenvalue weighted by Crippen LogP contribution is -2.50. The van der Waals surface area contributed by atoms with E-state index in [1.54, 1.807) is 4.90 Å². The summed E-state index contributed by atoms with van der Waals surface area (Å²) in [5, 5.41) is 0. The third kappa shape index (κ3) is 4.20. The Hall–Kier alpha value is -1.10. The Labute approximate surface area is 121 Å². The normalized spacial score (nSPS) is 25.2. The third-order valence-electron chi connectivity index (χ3n) is 4.19. The first-order valence-electron chi connectivity index (χ1n) is 7.88. The van der Waals surface area contributed by atoms with E-state index in [1.807, 2.05) is 4.90 Å². The van der Waals surface area contributed by atoms with Crippen molar-refractivity contribution in [3.63, 3.8) is 0 Å². The molecule has 0 aromatic rings. The van der Waals surface area contributed by atoms with E-state index in [2.05, 4.69) is 6.92 Å². The predicted octanol–water partition coefficient (Wildman–Crippen LogP) is 1.42. The van der Waals surface area contributed by atoms with Crippen LogP contribution in [0.5, 0.6) is 0 Å². The Morgan fingerprint density at radius 1 is 1.25 bits per heavy atom. The Morgan fingerprint density at radius 2 is 2.05 bits per heavy atom. The zero-order chi connectivity index (χ0) is 14.4. The molecule has 0 N–H and O–H groups in total. The van der Waals surface area contributed by atoms with Crippen molar-refractivity contribution in [2.45, 2.75) is 51.6 Å². The van der Waals surface area contributed by atoms with E-state index in [1.165, 1.54) is 0 Å². The highest BCUT2D eigenvalue weighted by atomic mass is 16.5. The molecule has 2 fully saturated rings. The Balaban J connectivity index is 1.86. The van der Waals surface area contributed by atoms with Gasteiger partial charge in [-0.1, -0.05) is 19.8 Å². The highest BCUT2D eigenvalue weighted by Crippen LogP contribution is 2.13. The topological polar surface area (TPSA) is 49.9 Å². The second kappa shape index (κ2) is 7.62. The molecule has 1 atom stereocenters. The highest BCUT2D eigenvalue weighted by molar-refractivity contribution is 5.85. The Morgan fingerprint density at radius 3 is 2.85 bits per heavy atom. The van der Waals surface area contributed by atoms with Crippen molar-refractivity contribution < 1.29 is 14.3 Å². The number of carbonyl (C=O) groups is 2. The smallest absolute Gasteiger partial charge is 0.242 e. The van der Waals surface area contributed by atoms with Crippen molar-refractivity contribution in [3.8, 4) is 0 Å². The SMILES string of the molecule is CC[C@@H]1CN(C(=O)CN2CCCCCCC2=O)CCO1. The van der Waals surface area contributed by atoms with E-state index < -0.39 is 0 Å². The van der Waals surface area contributed by atoms with Gasteiger partial charge in [0, 0.05) is 26.1 Å². The molecule has 2 aliphatic heterocycles. The zero-order valence-electron chi connectivity index (χ0n) is 12.5. The van der Waals surface area contributed by atoms with Gasteiger partial charge in [-0.2, -0.15) is 0 Å². The van der Waals surface area contributed by atoms with Crippen LogP contribution in [0, 0.1) is 0 Å². The monoisotopic (exact) mass is 282 g/mol. The molecule has 114 valence electrons. The van der Waals surface area contributed by atoms with Gasteiger partial charge in [-0.25, -0.2) is 0 Å². The van der Waals surface area contributed by atoms with E-state index in [4.69, 9.17) is 4.74 Å². The van der Waals surface area contributed by atoms with Gasteiger partial charge in [0.25, 0.3) is 0 Å². The number of hydrogen-bond donors (Lipinski definition) is 0. The van der Waals surface area contributed by atoms with E-state index in [0.717, 1.165) is 38.6 Å². The van der Waals surface area contributed by atoms with Gasteiger partial charge in [-0.15, -0.1) is 0 Å². The van der Waals surface area contributed by atoms with Crippen molar-refractivity contribution in [1.82, 2.24) is 9.80 Å². The molecule has 0 aromatic heterocycles. The Kier molecular flexibility index (Phi) is 5.83. The van der Waals surface area contributed by atoms with Crippen LogP contribution >= 0.6 is 0 Å². The fourth-order valence-corrected chi connectivity index (χ4v) is 2.84. The molecule has 2 rings (SSSR count). The van der Waals surface area contributed by atoms with Crippen LogP contribution < -0.4 is 0 Å². The quantitative estimate of drug-likeness (QED) is 0.786. The summed E-state index contributed by atoms with van der Waals surface area (Å²) in [6.45, 7) is 4.97. The standard InChI is InChI=1S/C15H26N2O3/c1-2-13-11-17(9-10-20-13)15(19)12-16-8-6-4-3-5-7-14(16)18/h13H,2-12H2,1H3/t13-/m1/s1. The number of ether oxygens (including phenoxy) is 1. The van der Waals surface area contributed by atoms with Crippen LogP contribution in [0.2, 0.25) is 0 Å². The molecule has 5 nitrogen and oxygen atoms in total. The first-order chi connectivity index (χ1) is 9.70. The van der Waals surface area contributed by atoms with Gasteiger partial charge in [0.05, 0.1) is 19.3 Å². The van der Waals surface area contributed by atoms with Crippen LogP contribution in [-0.4, -0.2) is 60.5 Å². The first-order valence-corrected chi connectivity index (χ1v) is 7.88. The molecular formula is C15H26N2O3. The minimum atomic E-state index is 0.0701. The molecule has 2 heterocycles. The van der Waals surface area contributed by atoms with Crippen molar-refractivity contribution in [3.05, 3.63) is 0 Å². The summed E-state index contributed by atoms with van der Waals surface area (Å²) in [4.78, 5) is 28.0. The first kappa shape index (κ1) is 15.3. The highest BCUT2D eigenvalue weighted by Gasteiger charge is 2.26. The molecule has 0 radical (unpaired) electrons. The van der Waals surface area contributed by atoms with Crippen LogP contribution in [0.25, 0.3) is 0 Å². The van der Waals surface area contributed by atoms with Crippen molar-refractivity contribution >= 4 is 11.8 Å². The van der Waals surface area contributed by atoms with E-state index in [-0.39, 0.29) is 24.5 Å². The van der Waals surface area contributed by atoms with Crippen LogP contribution in [0.1, 0.15) is 45.4 Å². The summed E-state index contributed by atoms with van der Waals surface area (Å²) in [7, 11) is 0. The fourth-order valence-electron chi connectivity index (χ4n) is 2.84. The molecule has 0 spiro atoms. The molecule has 0 unspecified atom stereocenters. The third-order valence-corrected chi connectivity index (χ3v) is 4.19. The van der Waals surface area contributed by atoms with Gasteiger partial charge >= 0.3 is 0 Å². The number of amides is 2. The van der Waals surface area contributed by atoms with Gasteiger partial charge in [0.15, 0.2) is 0 Å². The second-order valence-corrected chi connectivity index (χ2v) is 5.72. The molecule has 5 heteroatoms. The summed E-state index contributed by atoms with van der Waals surface area (Å²) >= 11 is 0. The average molecular weight is 282 g/mol. The molecule has 0 bridgehead atoms. The fraction of sp³-hybridized carbons (Fsp3) is 0.867. The van der Waals surface area contributed by atoms with Crippen LogP contribution in [0.15, 0.2) is 0 Å². The maximum atomic E-state index is 12.3. The number of nitrogens with zero attached hydrogens (tertiary/aromatic N) is 2. The molecular weight excluding hydrogens is 256 g/mol. The minimum Gasteiger partial charge on any atom is -0.375 e. The lowest BCUT2D eigenvalue weighted by Gasteiger charge is -2.34. The predicted molar refractivity (Wildman–Crippen MR) is 76.3 cm³/mol. The van der Waals surface area contributed by atoms with Crippen molar-refractivity contribution in [1.29, 1.82) is 0 Å². The maximum absolute atomic E-state index is 12.3. The Bertz CT molecular complexity index is 346. The summed E-state index contributed by atoms with van der Waals surface area (Å²) in [6, 6.07) is 0. The molecule has 2 saturated heterocycles. The molecule has 20 heavy (non-hydrogen) atoms. The molecule has 2 amide bonds. The largest absolute Gasteiger partial charge is 0.375 e. The van der Waals surface area contributed by atoms with Crippen LogP contribution in [0.4, 0.5) is 0 Å². The maximum Gasteiger partial charge on any atom is 0.242 e. The van der Waals surface area contributed by atoms with Gasteiger partial charge in [0.1, 0.15) is 0 Å². The minimum absolute atomic E-state index is 0.0701. The molecule has 2 aliphatic rings. The number of hydrogen-bond acceptors (Lipinski definition) is 3. The number of likely N-dealkylation sites (tertiary alicyclic amines) is 1. The summed E-state index contributed by atoms with van der Waals surface area (Å²) in [5.74, 6) is 0.207. The molecule has 0 aliphatic carbocycles. The second-order valence-electron chi connectivity index (χ2n) is 5.72. The summed E-state index contributed by atoms with van der Waals surface area (Å²) in [6.07, 6.45) is 5.93. The number of carbonyl (C=O) groups excluding carboxylic acids is 2. The van der Waals surface area contributed by atoms with E-state index in [9.17, 15) is 9.59 Å². The number of rotatable bonds is 3. The average Bonchev–Trinajstić information content (AvgIpc) is 2.47. The lowest BCUT2D eigenvalue weighted by atomic mass is 10.1. The summed E-state index contributed by atoms with van der Waals surface area (Å²) < 4.78 is 5.58. The zero-order valence-corrected chi connectivity index (χ0v) is 12.5. The summed E-state index contributed by atoms with van der Waals surface area (Å²) in [5.41, 5.74) is 0.